The SMILES string of the molecule is N#CCCN(Cc1ccco1)C(=O)Cc1cc2c(cc1Br)OCCO2. The standard InChI is InChI=1S/C18H17BrN2O4/c19-15-11-17-16(24-7-8-25-17)9-13(15)10-18(22)21(5-2-4-20)12-14-3-1-6-23-14/h1,3,6,9,11H,2,5,7-8,10,12H2. The lowest BCUT2D eigenvalue weighted by Crippen LogP contribution is -2.32. The van der Waals surface area contributed by atoms with E-state index in [2.05, 4.69) is 22.0 Å². The molecule has 0 saturated heterocycles. The van der Waals surface area contributed by atoms with Gasteiger partial charge >= 0.3 is 0 Å². The van der Waals surface area contributed by atoms with Gasteiger partial charge in [-0.05, 0) is 29.8 Å². The molecule has 0 radical (unpaired) electrons. The first kappa shape index (κ1) is 17.4. The van der Waals surface area contributed by atoms with E-state index in [-0.39, 0.29) is 18.7 Å². The molecule has 1 aliphatic rings. The number of ether oxygens (including phenoxy) is 2. The highest BCUT2D eigenvalue weighted by molar-refractivity contribution is 9.10. The smallest absolute Gasteiger partial charge is 0.227 e. The summed E-state index contributed by atoms with van der Waals surface area (Å²) in [5.41, 5.74) is 0.815. The number of amides is 1. The molecular weight excluding hydrogens is 388 g/mol. The van der Waals surface area contributed by atoms with Gasteiger partial charge in [0.1, 0.15) is 19.0 Å². The number of halogens is 1. The summed E-state index contributed by atoms with van der Waals surface area (Å²) in [5.74, 6) is 1.93. The van der Waals surface area contributed by atoms with E-state index >= 15 is 0 Å². The number of fused-ring (bicyclic) bond motifs is 1. The second-order valence-corrected chi connectivity index (χ2v) is 6.42. The highest BCUT2D eigenvalue weighted by Gasteiger charge is 2.20. The van der Waals surface area contributed by atoms with E-state index < -0.39 is 0 Å². The second kappa shape index (κ2) is 8.08. The average molecular weight is 405 g/mol. The van der Waals surface area contributed by atoms with Crippen molar-refractivity contribution in [3.63, 3.8) is 0 Å². The van der Waals surface area contributed by atoms with E-state index in [1.807, 2.05) is 18.2 Å². The zero-order valence-corrected chi connectivity index (χ0v) is 15.1. The molecule has 0 N–H and O–H groups in total. The molecule has 3 rings (SSSR count). The summed E-state index contributed by atoms with van der Waals surface area (Å²) in [7, 11) is 0. The molecule has 2 aromatic rings. The second-order valence-electron chi connectivity index (χ2n) is 5.57. The first-order valence-corrected chi connectivity index (χ1v) is 8.72. The molecule has 6 nitrogen and oxygen atoms in total. The van der Waals surface area contributed by atoms with Crippen LogP contribution in [0.4, 0.5) is 0 Å². The van der Waals surface area contributed by atoms with E-state index in [1.54, 1.807) is 17.2 Å². The third-order valence-electron chi connectivity index (χ3n) is 3.83. The Morgan fingerprint density at radius 2 is 2.04 bits per heavy atom. The molecule has 1 amide bonds. The van der Waals surface area contributed by atoms with Crippen molar-refractivity contribution in [2.45, 2.75) is 19.4 Å². The number of carbonyl (C=O) groups excluding carboxylic acids is 1. The van der Waals surface area contributed by atoms with Crippen LogP contribution >= 0.6 is 15.9 Å². The van der Waals surface area contributed by atoms with Crippen molar-refractivity contribution >= 4 is 21.8 Å². The fraction of sp³-hybridized carbons (Fsp3) is 0.333. The molecule has 1 aromatic carbocycles. The Morgan fingerprint density at radius 1 is 1.28 bits per heavy atom. The summed E-state index contributed by atoms with van der Waals surface area (Å²) in [5, 5.41) is 8.84. The van der Waals surface area contributed by atoms with Gasteiger partial charge in [-0.2, -0.15) is 5.26 Å². The number of hydrogen-bond donors (Lipinski definition) is 0. The van der Waals surface area contributed by atoms with Gasteiger partial charge < -0.3 is 18.8 Å². The van der Waals surface area contributed by atoms with Crippen molar-refractivity contribution in [2.75, 3.05) is 19.8 Å². The normalized spacial score (nSPS) is 12.5. The van der Waals surface area contributed by atoms with Crippen molar-refractivity contribution < 1.29 is 18.7 Å². The zero-order chi connectivity index (χ0) is 17.6. The van der Waals surface area contributed by atoms with Crippen LogP contribution in [0.2, 0.25) is 0 Å². The molecule has 0 bridgehead atoms. The van der Waals surface area contributed by atoms with E-state index in [0.717, 1.165) is 10.0 Å². The van der Waals surface area contributed by atoms with E-state index in [1.165, 1.54) is 0 Å². The van der Waals surface area contributed by atoms with E-state index in [4.69, 9.17) is 19.2 Å². The van der Waals surface area contributed by atoms with Gasteiger partial charge in [-0.25, -0.2) is 0 Å². The van der Waals surface area contributed by atoms with Crippen molar-refractivity contribution in [1.82, 2.24) is 4.90 Å². The number of hydrogen-bond acceptors (Lipinski definition) is 5. The average Bonchev–Trinajstić information content (AvgIpc) is 3.12. The number of furan rings is 1. The highest BCUT2D eigenvalue weighted by atomic mass is 79.9. The van der Waals surface area contributed by atoms with Crippen LogP contribution in [-0.4, -0.2) is 30.6 Å². The Balaban J connectivity index is 1.75. The van der Waals surface area contributed by atoms with Crippen LogP contribution < -0.4 is 9.47 Å². The fourth-order valence-electron chi connectivity index (χ4n) is 2.58. The fourth-order valence-corrected chi connectivity index (χ4v) is 3.05. The molecule has 0 fully saturated rings. The molecule has 7 heteroatoms. The number of carbonyl (C=O) groups is 1. The number of nitrogens with zero attached hydrogens (tertiary/aromatic N) is 2. The van der Waals surface area contributed by atoms with Crippen LogP contribution in [0.1, 0.15) is 17.7 Å². The Morgan fingerprint density at radius 3 is 2.72 bits per heavy atom. The predicted molar refractivity (Wildman–Crippen MR) is 93.2 cm³/mol. The maximum absolute atomic E-state index is 12.7. The van der Waals surface area contributed by atoms with Gasteiger partial charge in [0.05, 0.1) is 31.7 Å². The molecule has 0 saturated carbocycles. The molecule has 130 valence electrons. The number of nitriles is 1. The zero-order valence-electron chi connectivity index (χ0n) is 13.5. The minimum Gasteiger partial charge on any atom is -0.486 e. The molecule has 1 aliphatic heterocycles. The van der Waals surface area contributed by atoms with Crippen LogP contribution in [0.3, 0.4) is 0 Å². The molecule has 0 spiro atoms. The lowest BCUT2D eigenvalue weighted by Gasteiger charge is -2.22. The van der Waals surface area contributed by atoms with Gasteiger partial charge in [-0.1, -0.05) is 15.9 Å². The molecule has 0 atom stereocenters. The van der Waals surface area contributed by atoms with Crippen LogP contribution in [0, 0.1) is 11.3 Å². The molecular formula is C18H17BrN2O4. The van der Waals surface area contributed by atoms with Gasteiger partial charge in [0.25, 0.3) is 0 Å². The lowest BCUT2D eigenvalue weighted by atomic mass is 10.1. The Hall–Kier alpha value is -2.46. The number of rotatable bonds is 6. The van der Waals surface area contributed by atoms with Crippen molar-refractivity contribution in [1.29, 1.82) is 5.26 Å². The Kier molecular flexibility index (Phi) is 5.61. The molecule has 2 heterocycles. The topological polar surface area (TPSA) is 75.7 Å². The third-order valence-corrected chi connectivity index (χ3v) is 4.56. The summed E-state index contributed by atoms with van der Waals surface area (Å²) in [6, 6.07) is 9.32. The van der Waals surface area contributed by atoms with E-state index in [9.17, 15) is 4.79 Å². The summed E-state index contributed by atoms with van der Waals surface area (Å²) in [6.07, 6.45) is 2.04. The van der Waals surface area contributed by atoms with Crippen LogP contribution in [-0.2, 0) is 17.8 Å². The third kappa shape index (κ3) is 4.34. The minimum absolute atomic E-state index is 0.0796. The summed E-state index contributed by atoms with van der Waals surface area (Å²) < 4.78 is 17.2. The predicted octanol–water partition coefficient (Wildman–Crippen LogP) is 3.30. The lowest BCUT2D eigenvalue weighted by molar-refractivity contribution is -0.131. The van der Waals surface area contributed by atoms with Crippen molar-refractivity contribution in [3.05, 3.63) is 46.3 Å². The molecule has 25 heavy (non-hydrogen) atoms. The number of benzene rings is 1. The van der Waals surface area contributed by atoms with Gasteiger partial charge in [0.15, 0.2) is 11.5 Å². The minimum atomic E-state index is -0.0796. The van der Waals surface area contributed by atoms with E-state index in [0.29, 0.717) is 43.6 Å². The first-order valence-electron chi connectivity index (χ1n) is 7.92. The van der Waals surface area contributed by atoms with Gasteiger partial charge in [-0.3, -0.25) is 4.79 Å². The van der Waals surface area contributed by atoms with Crippen LogP contribution in [0.5, 0.6) is 11.5 Å². The Labute approximate surface area is 154 Å². The van der Waals surface area contributed by atoms with Crippen LogP contribution in [0.15, 0.2) is 39.4 Å². The summed E-state index contributed by atoms with van der Waals surface area (Å²) >= 11 is 3.49. The highest BCUT2D eigenvalue weighted by Crippen LogP contribution is 2.35. The maximum atomic E-state index is 12.7. The maximum Gasteiger partial charge on any atom is 0.227 e. The molecule has 1 aromatic heterocycles. The van der Waals surface area contributed by atoms with Gasteiger partial charge in [0.2, 0.25) is 5.91 Å². The van der Waals surface area contributed by atoms with Gasteiger partial charge in [-0.15, -0.1) is 0 Å². The monoisotopic (exact) mass is 404 g/mol. The van der Waals surface area contributed by atoms with Gasteiger partial charge in [0, 0.05) is 11.0 Å². The largest absolute Gasteiger partial charge is 0.486 e. The van der Waals surface area contributed by atoms with Crippen molar-refractivity contribution in [3.8, 4) is 17.6 Å². The van der Waals surface area contributed by atoms with Crippen molar-refractivity contribution in [2.24, 2.45) is 0 Å². The summed E-state index contributed by atoms with van der Waals surface area (Å²) in [4.78, 5) is 14.4. The quantitative estimate of drug-likeness (QED) is 0.737. The molecule has 0 aliphatic carbocycles. The Bertz CT molecular complexity index is 783. The molecule has 0 unspecified atom stereocenters. The first-order chi connectivity index (χ1) is 12.2. The van der Waals surface area contributed by atoms with Crippen LogP contribution in [0.25, 0.3) is 0 Å². The summed E-state index contributed by atoms with van der Waals surface area (Å²) in [6.45, 7) is 1.71.